The molecule has 0 fully saturated rings. The van der Waals surface area contributed by atoms with Crippen LogP contribution in [0.25, 0.3) is 0 Å². The number of carbonyl (C=O) groups is 4. The van der Waals surface area contributed by atoms with Crippen LogP contribution in [0.15, 0.2) is 14.5 Å². The fourth-order valence-electron chi connectivity index (χ4n) is 3.93. The summed E-state index contributed by atoms with van der Waals surface area (Å²) in [7, 11) is -7.29. The lowest BCUT2D eigenvalue weighted by Crippen LogP contribution is -2.49. The Labute approximate surface area is 231 Å². The van der Waals surface area contributed by atoms with E-state index in [0.717, 1.165) is 24.2 Å². The predicted molar refractivity (Wildman–Crippen MR) is 137 cm³/mol. The molecular formula is C22H33N3O11S3. The Hall–Kier alpha value is -2.60. The van der Waals surface area contributed by atoms with Crippen molar-refractivity contribution in [1.29, 1.82) is 0 Å². The standard InChI is InChI=1S/C22H33N3O11S3/c1-7-25(21(29)14(3)36-16(5)27)18-12-24(9-8-10-34-6)39(32,33)22-17(18)11-19(37-22)38(30,31)23-20(28)13(2)35-15(4)26/h11,13-14,18H,7-10,12H2,1-6H3,(H,23,28)/t13?,14?,18-/m0/s1. The minimum atomic E-state index is -4.58. The predicted octanol–water partition coefficient (Wildman–Crippen LogP) is 0.387. The van der Waals surface area contributed by atoms with Gasteiger partial charge in [-0.25, -0.2) is 21.6 Å². The molecular weight excluding hydrogens is 578 g/mol. The van der Waals surface area contributed by atoms with Gasteiger partial charge in [-0.05, 0) is 33.3 Å². The largest absolute Gasteiger partial charge is 0.453 e. The van der Waals surface area contributed by atoms with Crippen LogP contribution >= 0.6 is 11.3 Å². The molecule has 3 atom stereocenters. The molecule has 0 bridgehead atoms. The summed E-state index contributed by atoms with van der Waals surface area (Å²) < 4.78 is 69.9. The monoisotopic (exact) mass is 611 g/mol. The third-order valence-electron chi connectivity index (χ3n) is 5.67. The van der Waals surface area contributed by atoms with Crippen LogP contribution in [0, 0.1) is 0 Å². The summed E-state index contributed by atoms with van der Waals surface area (Å²) in [6, 6.07) is 0.185. The Morgan fingerprint density at radius 1 is 1.15 bits per heavy atom. The van der Waals surface area contributed by atoms with Crippen LogP contribution in [0.2, 0.25) is 0 Å². The quantitative estimate of drug-likeness (QED) is 0.255. The Bertz CT molecular complexity index is 1310. The van der Waals surface area contributed by atoms with Crippen LogP contribution in [0.3, 0.4) is 0 Å². The van der Waals surface area contributed by atoms with E-state index in [0.29, 0.717) is 17.8 Å². The molecule has 0 aliphatic carbocycles. The van der Waals surface area contributed by atoms with Gasteiger partial charge in [0.25, 0.3) is 31.9 Å². The van der Waals surface area contributed by atoms with Crippen molar-refractivity contribution in [2.75, 3.05) is 33.4 Å². The second kappa shape index (κ2) is 13.2. The lowest BCUT2D eigenvalue weighted by molar-refractivity contribution is -0.158. The highest BCUT2D eigenvalue weighted by atomic mass is 32.3. The summed E-state index contributed by atoms with van der Waals surface area (Å²) in [5.41, 5.74) is 0.0501. The number of esters is 2. The highest BCUT2D eigenvalue weighted by Crippen LogP contribution is 2.42. The minimum absolute atomic E-state index is 0.0357. The van der Waals surface area contributed by atoms with Gasteiger partial charge in [0.2, 0.25) is 0 Å². The molecule has 1 aliphatic heterocycles. The summed E-state index contributed by atoms with van der Waals surface area (Å²) >= 11 is 0.428. The molecule has 0 spiro atoms. The van der Waals surface area contributed by atoms with E-state index in [1.54, 1.807) is 11.6 Å². The van der Waals surface area contributed by atoms with Gasteiger partial charge < -0.3 is 19.1 Å². The van der Waals surface area contributed by atoms with Crippen LogP contribution < -0.4 is 4.72 Å². The minimum Gasteiger partial charge on any atom is -0.453 e. The zero-order valence-corrected chi connectivity index (χ0v) is 24.9. The number of rotatable bonds is 12. The topological polar surface area (TPSA) is 183 Å². The van der Waals surface area contributed by atoms with Crippen LogP contribution in [0.5, 0.6) is 0 Å². The first-order valence-corrected chi connectivity index (χ1v) is 15.6. The Balaban J connectivity index is 2.57. The number of nitrogens with zero attached hydrogens (tertiary/aromatic N) is 2. The summed E-state index contributed by atoms with van der Waals surface area (Å²) in [5, 5.41) is 0. The summed E-state index contributed by atoms with van der Waals surface area (Å²) in [5.74, 6) is -3.20. The molecule has 1 aromatic rings. The number of ether oxygens (including phenoxy) is 3. The molecule has 2 rings (SSSR count). The Morgan fingerprint density at radius 3 is 2.28 bits per heavy atom. The first kappa shape index (κ1) is 32.6. The van der Waals surface area contributed by atoms with Crippen molar-refractivity contribution in [3.63, 3.8) is 0 Å². The lowest BCUT2D eigenvalue weighted by Gasteiger charge is -2.39. The maximum absolute atomic E-state index is 13.5. The van der Waals surface area contributed by atoms with Crippen molar-refractivity contribution >= 4 is 55.1 Å². The molecule has 17 heteroatoms. The summed E-state index contributed by atoms with van der Waals surface area (Å²) in [4.78, 5) is 49.4. The summed E-state index contributed by atoms with van der Waals surface area (Å²) in [6.07, 6.45) is -2.26. The molecule has 1 aromatic heterocycles. The van der Waals surface area contributed by atoms with E-state index < -0.39 is 66.3 Å². The van der Waals surface area contributed by atoms with E-state index in [4.69, 9.17) is 14.2 Å². The third kappa shape index (κ3) is 7.75. The number of hydrogen-bond donors (Lipinski definition) is 1. The van der Waals surface area contributed by atoms with Gasteiger partial charge in [0.15, 0.2) is 12.2 Å². The van der Waals surface area contributed by atoms with E-state index in [1.807, 2.05) is 0 Å². The van der Waals surface area contributed by atoms with Crippen LogP contribution in [0.4, 0.5) is 0 Å². The number of nitrogens with one attached hydrogen (secondary N) is 1. The van der Waals surface area contributed by atoms with Gasteiger partial charge in [-0.2, -0.15) is 4.31 Å². The summed E-state index contributed by atoms with van der Waals surface area (Å²) in [6.45, 7) is 6.62. The van der Waals surface area contributed by atoms with E-state index >= 15 is 0 Å². The smallest absolute Gasteiger partial charge is 0.303 e. The first-order valence-electron chi connectivity index (χ1n) is 11.9. The first-order chi connectivity index (χ1) is 18.1. The highest BCUT2D eigenvalue weighted by Gasteiger charge is 2.44. The fraction of sp³-hybridized carbons (Fsp3) is 0.636. The average Bonchev–Trinajstić information content (AvgIpc) is 3.29. The molecule has 14 nitrogen and oxygen atoms in total. The van der Waals surface area contributed by atoms with E-state index in [9.17, 15) is 36.0 Å². The fourth-order valence-corrected chi connectivity index (χ4v) is 8.84. The van der Waals surface area contributed by atoms with Gasteiger partial charge in [0.05, 0.1) is 6.04 Å². The zero-order chi connectivity index (χ0) is 29.7. The van der Waals surface area contributed by atoms with Crippen molar-refractivity contribution < 1.29 is 50.2 Å². The van der Waals surface area contributed by atoms with Crippen molar-refractivity contribution in [2.24, 2.45) is 0 Å². The van der Waals surface area contributed by atoms with Gasteiger partial charge in [-0.1, -0.05) is 0 Å². The molecule has 0 saturated heterocycles. The molecule has 2 unspecified atom stereocenters. The zero-order valence-electron chi connectivity index (χ0n) is 22.5. The average molecular weight is 612 g/mol. The Morgan fingerprint density at radius 2 is 1.74 bits per heavy atom. The van der Waals surface area contributed by atoms with Gasteiger partial charge in [0.1, 0.15) is 8.42 Å². The molecule has 1 N–H and O–H groups in total. The number of methoxy groups -OCH3 is 1. The van der Waals surface area contributed by atoms with Crippen molar-refractivity contribution in [3.8, 4) is 0 Å². The molecule has 220 valence electrons. The molecule has 39 heavy (non-hydrogen) atoms. The second-order valence-corrected chi connectivity index (χ2v) is 13.7. The maximum atomic E-state index is 13.5. The number of thiophene rings is 1. The van der Waals surface area contributed by atoms with E-state index in [2.05, 4.69) is 0 Å². The number of sulfonamides is 2. The van der Waals surface area contributed by atoms with Gasteiger partial charge in [0, 0.05) is 52.8 Å². The maximum Gasteiger partial charge on any atom is 0.303 e. The van der Waals surface area contributed by atoms with E-state index in [-0.39, 0.29) is 36.0 Å². The normalized spacial score (nSPS) is 18.4. The van der Waals surface area contributed by atoms with E-state index in [1.165, 1.54) is 25.9 Å². The third-order valence-corrected chi connectivity index (χ3v) is 11.0. The molecule has 1 aliphatic rings. The van der Waals surface area contributed by atoms with Crippen LogP contribution in [0.1, 0.15) is 52.6 Å². The SMILES string of the molecule is CCN(C(=O)C(C)OC(C)=O)[C@H]1CN(CCCOC)S(=O)(=O)c2sc(S(=O)(=O)NC(=O)C(C)OC(C)=O)cc21. The van der Waals surface area contributed by atoms with Gasteiger partial charge in [-0.15, -0.1) is 11.3 Å². The number of carbonyl (C=O) groups excluding carboxylic acids is 4. The van der Waals surface area contributed by atoms with Crippen LogP contribution in [-0.2, 0) is 53.4 Å². The number of likely N-dealkylation sites (N-methyl/N-ethyl adjacent to an activating group) is 1. The number of fused-ring (bicyclic) bond motifs is 1. The Kier molecular flexibility index (Phi) is 11.0. The molecule has 0 radical (unpaired) electrons. The lowest BCUT2D eigenvalue weighted by atomic mass is 10.1. The van der Waals surface area contributed by atoms with Crippen LogP contribution in [-0.4, -0.2) is 95.4 Å². The van der Waals surface area contributed by atoms with Crippen molar-refractivity contribution in [1.82, 2.24) is 13.9 Å². The van der Waals surface area contributed by atoms with Gasteiger partial charge in [-0.3, -0.25) is 19.2 Å². The molecule has 0 saturated carbocycles. The number of amides is 2. The van der Waals surface area contributed by atoms with Gasteiger partial charge >= 0.3 is 11.9 Å². The van der Waals surface area contributed by atoms with Crippen molar-refractivity contribution in [2.45, 2.75) is 67.7 Å². The molecule has 0 aromatic carbocycles. The molecule has 2 amide bonds. The highest BCUT2D eigenvalue weighted by molar-refractivity contribution is 7.94. The molecule has 2 heterocycles. The van der Waals surface area contributed by atoms with Crippen molar-refractivity contribution in [3.05, 3.63) is 11.6 Å². The number of hydrogen-bond acceptors (Lipinski definition) is 12. The second-order valence-electron chi connectivity index (χ2n) is 8.63.